The zero-order valence-electron chi connectivity index (χ0n) is 14.1. The van der Waals surface area contributed by atoms with Gasteiger partial charge in [0, 0.05) is 19.8 Å². The number of ether oxygens (including phenoxy) is 2. The lowest BCUT2D eigenvalue weighted by Gasteiger charge is -2.35. The van der Waals surface area contributed by atoms with E-state index in [1.165, 1.54) is 38.3 Å². The van der Waals surface area contributed by atoms with Crippen molar-refractivity contribution in [2.24, 2.45) is 0 Å². The van der Waals surface area contributed by atoms with Gasteiger partial charge < -0.3 is 9.47 Å². The molecule has 0 amide bonds. The van der Waals surface area contributed by atoms with Crippen LogP contribution in [0.2, 0.25) is 0 Å². The van der Waals surface area contributed by atoms with Gasteiger partial charge in [0.25, 0.3) is 0 Å². The predicted octanol–water partition coefficient (Wildman–Crippen LogP) is 3.13. The Kier molecular flexibility index (Phi) is 6.34. The van der Waals surface area contributed by atoms with Crippen LogP contribution < -0.4 is 4.74 Å². The Bertz CT molecular complexity index is 655. The van der Waals surface area contributed by atoms with Crippen molar-refractivity contribution in [1.82, 2.24) is 4.31 Å². The predicted molar refractivity (Wildman–Crippen MR) is 86.9 cm³/mol. The molecule has 142 valence electrons. The monoisotopic (exact) mass is 381 g/mol. The van der Waals surface area contributed by atoms with E-state index >= 15 is 0 Å². The van der Waals surface area contributed by atoms with E-state index in [2.05, 4.69) is 0 Å². The van der Waals surface area contributed by atoms with E-state index < -0.39 is 27.5 Å². The quantitative estimate of drug-likeness (QED) is 0.760. The van der Waals surface area contributed by atoms with Gasteiger partial charge in [-0.15, -0.1) is 0 Å². The summed E-state index contributed by atoms with van der Waals surface area (Å²) in [4.78, 5) is 0. The molecule has 2 rings (SSSR count). The van der Waals surface area contributed by atoms with E-state index in [-0.39, 0.29) is 38.2 Å². The fourth-order valence-corrected chi connectivity index (χ4v) is 5.05. The molecule has 0 spiro atoms. The van der Waals surface area contributed by atoms with Gasteiger partial charge in [0.15, 0.2) is 0 Å². The van der Waals surface area contributed by atoms with Crippen molar-refractivity contribution in [2.45, 2.75) is 37.2 Å². The third kappa shape index (κ3) is 4.45. The second-order valence-electron chi connectivity index (χ2n) is 5.78. The van der Waals surface area contributed by atoms with Crippen LogP contribution in [0.3, 0.4) is 0 Å². The largest absolute Gasteiger partial charge is 0.497 e. The second-order valence-corrected chi connectivity index (χ2v) is 7.94. The Morgan fingerprint density at radius 3 is 2.24 bits per heavy atom. The summed E-state index contributed by atoms with van der Waals surface area (Å²) in [5.41, 5.74) is -0.134. The molecule has 1 aromatic rings. The number of benzene rings is 1. The minimum Gasteiger partial charge on any atom is -0.497 e. The first kappa shape index (κ1) is 20.0. The lowest BCUT2D eigenvalue weighted by Crippen LogP contribution is -2.47. The van der Waals surface area contributed by atoms with Crippen molar-refractivity contribution < 1.29 is 31.1 Å². The minimum atomic E-state index is -4.73. The highest BCUT2D eigenvalue weighted by molar-refractivity contribution is 7.89. The summed E-state index contributed by atoms with van der Waals surface area (Å²) >= 11 is 0. The molecule has 25 heavy (non-hydrogen) atoms. The van der Waals surface area contributed by atoms with Crippen molar-refractivity contribution in [3.63, 3.8) is 0 Å². The Balaban J connectivity index is 2.42. The zero-order chi connectivity index (χ0) is 18.7. The number of sulfonamides is 1. The average molecular weight is 381 g/mol. The van der Waals surface area contributed by atoms with Crippen LogP contribution in [0.5, 0.6) is 5.75 Å². The molecule has 1 aliphatic heterocycles. The number of hydrogen-bond acceptors (Lipinski definition) is 4. The molecule has 0 aromatic heterocycles. The first-order valence-corrected chi connectivity index (χ1v) is 9.51. The third-order valence-corrected chi connectivity index (χ3v) is 6.69. The van der Waals surface area contributed by atoms with Crippen molar-refractivity contribution in [3.8, 4) is 5.75 Å². The molecule has 0 N–H and O–H groups in total. The van der Waals surface area contributed by atoms with Gasteiger partial charge in [0.05, 0.1) is 12.4 Å². The van der Waals surface area contributed by atoms with Crippen LogP contribution >= 0.6 is 0 Å². The second kappa shape index (κ2) is 7.92. The van der Waals surface area contributed by atoms with E-state index in [9.17, 15) is 21.6 Å². The summed E-state index contributed by atoms with van der Waals surface area (Å²) in [6.07, 6.45) is -4.33. The molecule has 1 aromatic carbocycles. The lowest BCUT2D eigenvalue weighted by atomic mass is 10.1. The van der Waals surface area contributed by atoms with Crippen LogP contribution in [0.1, 0.15) is 31.4 Å². The maximum atomic E-state index is 13.8. The van der Waals surface area contributed by atoms with Gasteiger partial charge >= 0.3 is 6.18 Å². The van der Waals surface area contributed by atoms with Gasteiger partial charge in [-0.2, -0.15) is 17.5 Å². The maximum absolute atomic E-state index is 13.8. The maximum Gasteiger partial charge on any atom is 0.409 e. The fourth-order valence-electron chi connectivity index (χ4n) is 2.98. The molecule has 0 bridgehead atoms. The molecule has 0 radical (unpaired) electrons. The van der Waals surface area contributed by atoms with Gasteiger partial charge in [0.2, 0.25) is 10.0 Å². The molecule has 0 aliphatic carbocycles. The topological polar surface area (TPSA) is 55.8 Å². The number of methoxy groups -OCH3 is 1. The lowest BCUT2D eigenvalue weighted by molar-refractivity contribution is -0.173. The van der Waals surface area contributed by atoms with Crippen molar-refractivity contribution in [2.75, 3.05) is 26.9 Å². The Labute approximate surface area is 145 Å². The van der Waals surface area contributed by atoms with E-state index in [1.54, 1.807) is 0 Å². The molecule has 5 nitrogen and oxygen atoms in total. The molecule has 1 heterocycles. The van der Waals surface area contributed by atoms with Crippen LogP contribution in [0.15, 0.2) is 24.3 Å². The Morgan fingerprint density at radius 2 is 1.80 bits per heavy atom. The van der Waals surface area contributed by atoms with Gasteiger partial charge in [-0.1, -0.05) is 19.1 Å². The highest BCUT2D eigenvalue weighted by Gasteiger charge is 2.50. The standard InChI is InChI=1S/C16H22F3NO4S/c1-3-20(25(21,22)14-8-10-24-11-9-14)15(16(17,18)19)12-4-6-13(23-2)7-5-12/h4-7,14-15H,3,8-11H2,1-2H3/t15-/m1/s1. The van der Waals surface area contributed by atoms with Crippen LogP contribution in [0, 0.1) is 0 Å². The molecule has 0 unspecified atom stereocenters. The van der Waals surface area contributed by atoms with E-state index in [1.807, 2.05) is 0 Å². The van der Waals surface area contributed by atoms with Crippen LogP contribution in [0.4, 0.5) is 13.2 Å². The molecule has 1 fully saturated rings. The van der Waals surface area contributed by atoms with Crippen LogP contribution in [0.25, 0.3) is 0 Å². The van der Waals surface area contributed by atoms with Gasteiger partial charge in [-0.05, 0) is 30.5 Å². The van der Waals surface area contributed by atoms with Gasteiger partial charge in [-0.25, -0.2) is 8.42 Å². The Morgan fingerprint density at radius 1 is 1.24 bits per heavy atom. The minimum absolute atomic E-state index is 0.134. The molecule has 1 aliphatic rings. The highest BCUT2D eigenvalue weighted by Crippen LogP contribution is 2.41. The van der Waals surface area contributed by atoms with Crippen molar-refractivity contribution in [1.29, 1.82) is 0 Å². The average Bonchev–Trinajstić information content (AvgIpc) is 2.59. The summed E-state index contributed by atoms with van der Waals surface area (Å²) in [6.45, 7) is 1.62. The van der Waals surface area contributed by atoms with Gasteiger partial charge in [0.1, 0.15) is 11.8 Å². The summed E-state index contributed by atoms with van der Waals surface area (Å²) in [5.74, 6) is 0.403. The molecule has 9 heteroatoms. The number of rotatable bonds is 6. The molecular weight excluding hydrogens is 359 g/mol. The van der Waals surface area contributed by atoms with E-state index in [0.717, 1.165) is 0 Å². The third-order valence-electron chi connectivity index (χ3n) is 4.26. The van der Waals surface area contributed by atoms with Crippen LogP contribution in [-0.4, -0.2) is 51.0 Å². The highest BCUT2D eigenvalue weighted by atomic mass is 32.2. The Hall–Kier alpha value is -1.32. The summed E-state index contributed by atoms with van der Waals surface area (Å²) in [6, 6.07) is 3.06. The van der Waals surface area contributed by atoms with Crippen molar-refractivity contribution >= 4 is 10.0 Å². The number of alkyl halides is 3. The van der Waals surface area contributed by atoms with E-state index in [4.69, 9.17) is 9.47 Å². The molecule has 1 atom stereocenters. The number of nitrogens with zero attached hydrogens (tertiary/aromatic N) is 1. The normalized spacial score (nSPS) is 18.3. The number of hydrogen-bond donors (Lipinski definition) is 0. The summed E-state index contributed by atoms with van der Waals surface area (Å²) < 4.78 is 77.6. The fraction of sp³-hybridized carbons (Fsp3) is 0.625. The van der Waals surface area contributed by atoms with Crippen LogP contribution in [-0.2, 0) is 14.8 Å². The first-order chi connectivity index (χ1) is 11.7. The smallest absolute Gasteiger partial charge is 0.409 e. The summed E-state index contributed by atoms with van der Waals surface area (Å²) in [5, 5.41) is -0.857. The zero-order valence-corrected chi connectivity index (χ0v) is 14.9. The SMILES string of the molecule is CCN([C@H](c1ccc(OC)cc1)C(F)(F)F)S(=O)(=O)C1CCOCC1. The molecule has 0 saturated carbocycles. The summed E-state index contributed by atoms with van der Waals surface area (Å²) in [7, 11) is -2.71. The number of halogens is 3. The first-order valence-electron chi connectivity index (χ1n) is 8.01. The van der Waals surface area contributed by atoms with E-state index in [0.29, 0.717) is 10.1 Å². The molecular formula is C16H22F3NO4S. The van der Waals surface area contributed by atoms with Gasteiger partial charge in [-0.3, -0.25) is 0 Å². The van der Waals surface area contributed by atoms with Crippen molar-refractivity contribution in [3.05, 3.63) is 29.8 Å². The molecule has 1 saturated heterocycles.